The van der Waals surface area contributed by atoms with Crippen molar-refractivity contribution in [1.82, 2.24) is 9.78 Å². The predicted octanol–water partition coefficient (Wildman–Crippen LogP) is 4.72. The van der Waals surface area contributed by atoms with E-state index in [1.807, 2.05) is 67.6 Å². The minimum atomic E-state index is 0.0851. The van der Waals surface area contributed by atoms with Gasteiger partial charge >= 0.3 is 0 Å². The summed E-state index contributed by atoms with van der Waals surface area (Å²) in [6.45, 7) is 2.53. The molecule has 0 amide bonds. The minimum absolute atomic E-state index is 0.0851. The number of hydrogen-bond acceptors (Lipinski definition) is 2. The largest absolute Gasteiger partial charge is 0.289 e. The number of carbonyl (C=O) groups is 1. The summed E-state index contributed by atoms with van der Waals surface area (Å²) in [4.78, 5) is 12.6. The van der Waals surface area contributed by atoms with Gasteiger partial charge in [0.2, 0.25) is 0 Å². The highest BCUT2D eigenvalue weighted by molar-refractivity contribution is 6.31. The van der Waals surface area contributed by atoms with Crippen LogP contribution in [0.4, 0.5) is 0 Å². The van der Waals surface area contributed by atoms with E-state index in [1.165, 1.54) is 0 Å². The molecular weight excluding hydrogens is 332 g/mol. The topological polar surface area (TPSA) is 34.9 Å². The summed E-state index contributed by atoms with van der Waals surface area (Å²) in [5.41, 5.74) is 5.43. The first-order chi connectivity index (χ1) is 12.1. The lowest BCUT2D eigenvalue weighted by Crippen LogP contribution is -2.01. The summed E-state index contributed by atoms with van der Waals surface area (Å²) < 4.78 is 1.78. The molecule has 3 aromatic rings. The van der Waals surface area contributed by atoms with E-state index in [0.29, 0.717) is 18.1 Å². The van der Waals surface area contributed by atoms with Gasteiger partial charge in [0.15, 0.2) is 5.78 Å². The van der Waals surface area contributed by atoms with Crippen molar-refractivity contribution < 1.29 is 4.79 Å². The highest BCUT2D eigenvalue weighted by atomic mass is 35.5. The molecule has 0 spiro atoms. The zero-order chi connectivity index (χ0) is 17.4. The Hall–Kier alpha value is -2.65. The molecule has 0 bridgehead atoms. The number of aromatic nitrogens is 2. The predicted molar refractivity (Wildman–Crippen MR) is 100.0 cm³/mol. The van der Waals surface area contributed by atoms with Gasteiger partial charge in [-0.3, -0.25) is 4.79 Å². The van der Waals surface area contributed by atoms with Gasteiger partial charge in [0.1, 0.15) is 5.15 Å². The van der Waals surface area contributed by atoms with E-state index in [2.05, 4.69) is 5.10 Å². The normalized spacial score (nSPS) is 15.0. The molecule has 2 aromatic carbocycles. The highest BCUT2D eigenvalue weighted by Gasteiger charge is 2.25. The number of fused-ring (bicyclic) bond motifs is 1. The summed E-state index contributed by atoms with van der Waals surface area (Å²) in [6.07, 6.45) is 2.54. The van der Waals surface area contributed by atoms with Gasteiger partial charge in [-0.25, -0.2) is 4.68 Å². The molecule has 124 valence electrons. The van der Waals surface area contributed by atoms with Crippen LogP contribution in [0.5, 0.6) is 0 Å². The number of ketones is 1. The second-order valence-corrected chi connectivity index (χ2v) is 6.62. The van der Waals surface area contributed by atoms with E-state index in [0.717, 1.165) is 33.5 Å². The quantitative estimate of drug-likeness (QED) is 0.642. The van der Waals surface area contributed by atoms with Gasteiger partial charge in [-0.2, -0.15) is 5.10 Å². The van der Waals surface area contributed by atoms with E-state index in [-0.39, 0.29) is 5.78 Å². The van der Waals surface area contributed by atoms with Crippen LogP contribution in [0.1, 0.15) is 32.7 Å². The third-order valence-corrected chi connectivity index (χ3v) is 4.94. The molecule has 0 saturated carbocycles. The Balaban J connectivity index is 1.67. The Morgan fingerprint density at radius 3 is 2.60 bits per heavy atom. The van der Waals surface area contributed by atoms with Crippen LogP contribution in [0.25, 0.3) is 6.08 Å². The maximum atomic E-state index is 12.6. The van der Waals surface area contributed by atoms with Gasteiger partial charge in [-0.05, 0) is 24.1 Å². The molecular formula is C21H17ClN2O. The van der Waals surface area contributed by atoms with E-state index in [4.69, 9.17) is 11.6 Å². The van der Waals surface area contributed by atoms with Crippen LogP contribution in [0.3, 0.4) is 0 Å². The van der Waals surface area contributed by atoms with E-state index in [1.54, 1.807) is 4.68 Å². The third-order valence-electron chi connectivity index (χ3n) is 4.54. The van der Waals surface area contributed by atoms with Gasteiger partial charge in [-0.15, -0.1) is 0 Å². The van der Waals surface area contributed by atoms with Crippen molar-refractivity contribution in [2.75, 3.05) is 0 Å². The van der Waals surface area contributed by atoms with Crippen LogP contribution in [-0.2, 0) is 13.0 Å². The summed E-state index contributed by atoms with van der Waals surface area (Å²) in [6, 6.07) is 17.8. The number of hydrogen-bond donors (Lipinski definition) is 0. The minimum Gasteiger partial charge on any atom is -0.289 e. The molecule has 0 radical (unpaired) electrons. The Bertz CT molecular complexity index is 986. The number of rotatable bonds is 3. The Morgan fingerprint density at radius 2 is 1.84 bits per heavy atom. The summed E-state index contributed by atoms with van der Waals surface area (Å²) in [5.74, 6) is 0.0851. The van der Waals surface area contributed by atoms with Gasteiger partial charge in [0, 0.05) is 23.1 Å². The van der Waals surface area contributed by atoms with Gasteiger partial charge < -0.3 is 0 Å². The fourth-order valence-corrected chi connectivity index (χ4v) is 3.53. The van der Waals surface area contributed by atoms with Crippen LogP contribution in [0, 0.1) is 6.92 Å². The Morgan fingerprint density at radius 1 is 1.12 bits per heavy atom. The van der Waals surface area contributed by atoms with Crippen molar-refractivity contribution in [1.29, 1.82) is 0 Å². The number of aryl methyl sites for hydroxylation is 1. The lowest BCUT2D eigenvalue weighted by atomic mass is 10.1. The fourth-order valence-electron chi connectivity index (χ4n) is 3.24. The molecule has 0 aliphatic heterocycles. The molecule has 0 unspecified atom stereocenters. The molecule has 4 rings (SSSR count). The third kappa shape index (κ3) is 2.92. The van der Waals surface area contributed by atoms with Gasteiger partial charge in [-0.1, -0.05) is 66.2 Å². The summed E-state index contributed by atoms with van der Waals surface area (Å²) in [7, 11) is 0. The molecule has 0 fully saturated rings. The highest BCUT2D eigenvalue weighted by Crippen LogP contribution is 2.30. The smallest absolute Gasteiger partial charge is 0.189 e. The van der Waals surface area contributed by atoms with Crippen LogP contribution in [-0.4, -0.2) is 15.6 Å². The number of benzene rings is 2. The number of carbonyl (C=O) groups excluding carboxylic acids is 1. The van der Waals surface area contributed by atoms with Gasteiger partial charge in [0.25, 0.3) is 0 Å². The Labute approximate surface area is 151 Å². The zero-order valence-electron chi connectivity index (χ0n) is 13.9. The number of halogens is 1. The molecule has 25 heavy (non-hydrogen) atoms. The van der Waals surface area contributed by atoms with Crippen molar-refractivity contribution in [3.63, 3.8) is 0 Å². The molecule has 1 aliphatic rings. The molecule has 1 aliphatic carbocycles. The molecule has 1 heterocycles. The maximum absolute atomic E-state index is 12.6. The molecule has 0 atom stereocenters. The van der Waals surface area contributed by atoms with E-state index in [9.17, 15) is 4.79 Å². The molecule has 0 N–H and O–H groups in total. The second-order valence-electron chi connectivity index (χ2n) is 6.27. The number of allylic oxidation sites excluding steroid dienone is 1. The molecule has 4 heteroatoms. The maximum Gasteiger partial charge on any atom is 0.189 e. The molecule has 1 aromatic heterocycles. The second kappa shape index (κ2) is 6.34. The standard InChI is InChI=1S/C21H17ClN2O/c1-14-19(12-17-11-16-9-5-6-10-18(16)20(17)25)21(22)24(23-14)13-15-7-3-2-4-8-15/h2-10,12H,11,13H2,1H3. The Kier molecular flexibility index (Phi) is 4.02. The first-order valence-electron chi connectivity index (χ1n) is 8.23. The van der Waals surface area contributed by atoms with Crippen LogP contribution >= 0.6 is 11.6 Å². The van der Waals surface area contributed by atoms with Crippen molar-refractivity contribution in [3.05, 3.63) is 93.3 Å². The molecule has 0 saturated heterocycles. The number of Topliss-reactive ketones (excluding diaryl/α,β-unsaturated/α-hetero) is 1. The average Bonchev–Trinajstić information content (AvgIpc) is 3.08. The lowest BCUT2D eigenvalue weighted by molar-refractivity contribution is 0.104. The zero-order valence-corrected chi connectivity index (χ0v) is 14.6. The van der Waals surface area contributed by atoms with Crippen LogP contribution in [0.15, 0.2) is 60.2 Å². The van der Waals surface area contributed by atoms with E-state index < -0.39 is 0 Å². The fraction of sp³-hybridized carbons (Fsp3) is 0.143. The van der Waals surface area contributed by atoms with Crippen molar-refractivity contribution in [2.45, 2.75) is 19.9 Å². The first-order valence-corrected chi connectivity index (χ1v) is 8.61. The lowest BCUT2D eigenvalue weighted by Gasteiger charge is -2.03. The van der Waals surface area contributed by atoms with Gasteiger partial charge in [0.05, 0.1) is 12.2 Å². The van der Waals surface area contributed by atoms with E-state index >= 15 is 0 Å². The SMILES string of the molecule is Cc1nn(Cc2ccccc2)c(Cl)c1C=C1Cc2ccccc2C1=O. The van der Waals surface area contributed by atoms with Crippen molar-refractivity contribution in [3.8, 4) is 0 Å². The summed E-state index contributed by atoms with van der Waals surface area (Å²) in [5, 5.41) is 5.12. The average molecular weight is 349 g/mol. The van der Waals surface area contributed by atoms with Crippen molar-refractivity contribution in [2.24, 2.45) is 0 Å². The molecule has 3 nitrogen and oxygen atoms in total. The van der Waals surface area contributed by atoms with Crippen molar-refractivity contribution >= 4 is 23.5 Å². The number of nitrogens with zero attached hydrogens (tertiary/aromatic N) is 2. The summed E-state index contributed by atoms with van der Waals surface area (Å²) >= 11 is 6.56. The van der Waals surface area contributed by atoms with Crippen LogP contribution < -0.4 is 0 Å². The first kappa shape index (κ1) is 15.9. The monoisotopic (exact) mass is 348 g/mol. The van der Waals surface area contributed by atoms with Crippen LogP contribution in [0.2, 0.25) is 5.15 Å².